The zero-order valence-corrected chi connectivity index (χ0v) is 12.8. The second kappa shape index (κ2) is 5.68. The highest BCUT2D eigenvalue weighted by Gasteiger charge is 2.14. The fourth-order valence-corrected chi connectivity index (χ4v) is 2.60. The van der Waals surface area contributed by atoms with Crippen molar-refractivity contribution in [1.82, 2.24) is 19.6 Å². The standard InChI is InChI=1S/C18H16N4O/c1-2-7-17-20-18-19-14(16-10-6-11-23-16)12-15(22(18)21-17)13-8-4-3-5-9-13/h3-6,8-12H,2,7H2,1H3. The van der Waals surface area contributed by atoms with Gasteiger partial charge in [-0.2, -0.15) is 9.50 Å². The van der Waals surface area contributed by atoms with Crippen LogP contribution in [0.4, 0.5) is 0 Å². The summed E-state index contributed by atoms with van der Waals surface area (Å²) in [5.74, 6) is 2.14. The van der Waals surface area contributed by atoms with E-state index in [1.165, 1.54) is 0 Å². The number of rotatable bonds is 4. The lowest BCUT2D eigenvalue weighted by molar-refractivity contribution is 0.580. The van der Waals surface area contributed by atoms with Gasteiger partial charge >= 0.3 is 0 Å². The fourth-order valence-electron chi connectivity index (χ4n) is 2.60. The van der Waals surface area contributed by atoms with Crippen LogP contribution in [0.2, 0.25) is 0 Å². The molecule has 0 saturated heterocycles. The van der Waals surface area contributed by atoms with Crippen molar-refractivity contribution in [2.24, 2.45) is 0 Å². The van der Waals surface area contributed by atoms with E-state index in [9.17, 15) is 0 Å². The Kier molecular flexibility index (Phi) is 3.38. The number of aryl methyl sites for hydroxylation is 1. The van der Waals surface area contributed by atoms with Crippen molar-refractivity contribution in [3.63, 3.8) is 0 Å². The van der Waals surface area contributed by atoms with Gasteiger partial charge in [-0.25, -0.2) is 4.98 Å². The monoisotopic (exact) mass is 304 g/mol. The summed E-state index contributed by atoms with van der Waals surface area (Å²) in [6.45, 7) is 2.12. The molecular weight excluding hydrogens is 288 g/mol. The molecule has 4 aromatic rings. The number of nitrogens with zero attached hydrogens (tertiary/aromatic N) is 4. The number of aromatic nitrogens is 4. The molecule has 0 aliphatic rings. The Morgan fingerprint density at radius 2 is 1.91 bits per heavy atom. The van der Waals surface area contributed by atoms with Gasteiger partial charge in [0.05, 0.1) is 12.0 Å². The molecule has 0 amide bonds. The summed E-state index contributed by atoms with van der Waals surface area (Å²) in [5.41, 5.74) is 2.79. The fraction of sp³-hybridized carbons (Fsp3) is 0.167. The maximum Gasteiger partial charge on any atom is 0.253 e. The van der Waals surface area contributed by atoms with Crippen LogP contribution in [-0.2, 0) is 6.42 Å². The molecule has 3 heterocycles. The number of hydrogen-bond acceptors (Lipinski definition) is 4. The Morgan fingerprint density at radius 3 is 2.65 bits per heavy atom. The molecule has 0 fully saturated rings. The van der Waals surface area contributed by atoms with Crippen LogP contribution in [0.3, 0.4) is 0 Å². The third-order valence-corrected chi connectivity index (χ3v) is 3.67. The summed E-state index contributed by atoms with van der Waals surface area (Å²) in [4.78, 5) is 9.16. The molecule has 0 radical (unpaired) electrons. The molecule has 3 aromatic heterocycles. The van der Waals surface area contributed by atoms with Crippen LogP contribution in [0.25, 0.3) is 28.5 Å². The molecule has 0 bridgehead atoms. The lowest BCUT2D eigenvalue weighted by Crippen LogP contribution is -1.98. The lowest BCUT2D eigenvalue weighted by Gasteiger charge is -2.06. The topological polar surface area (TPSA) is 56.2 Å². The van der Waals surface area contributed by atoms with Crippen molar-refractivity contribution < 1.29 is 4.42 Å². The molecule has 114 valence electrons. The number of hydrogen-bond donors (Lipinski definition) is 0. The average Bonchev–Trinajstić information content (AvgIpc) is 3.24. The average molecular weight is 304 g/mol. The van der Waals surface area contributed by atoms with Gasteiger partial charge in [-0.1, -0.05) is 37.3 Å². The second-order valence-electron chi connectivity index (χ2n) is 5.36. The molecule has 5 nitrogen and oxygen atoms in total. The van der Waals surface area contributed by atoms with Crippen LogP contribution >= 0.6 is 0 Å². The zero-order valence-electron chi connectivity index (χ0n) is 12.8. The van der Waals surface area contributed by atoms with Gasteiger partial charge in [0.2, 0.25) is 0 Å². The smallest absolute Gasteiger partial charge is 0.253 e. The summed E-state index contributed by atoms with van der Waals surface area (Å²) in [5, 5.41) is 4.61. The van der Waals surface area contributed by atoms with E-state index in [1.54, 1.807) is 6.26 Å². The van der Waals surface area contributed by atoms with Crippen LogP contribution in [-0.4, -0.2) is 19.6 Å². The lowest BCUT2D eigenvalue weighted by atomic mass is 10.1. The Hall–Kier alpha value is -2.95. The normalized spacial score (nSPS) is 11.2. The number of benzene rings is 1. The van der Waals surface area contributed by atoms with Gasteiger partial charge in [0.25, 0.3) is 5.78 Å². The summed E-state index contributed by atoms with van der Waals surface area (Å²) in [7, 11) is 0. The molecule has 0 unspecified atom stereocenters. The molecular formula is C18H16N4O. The highest BCUT2D eigenvalue weighted by Crippen LogP contribution is 2.26. The first-order chi connectivity index (χ1) is 11.3. The maximum absolute atomic E-state index is 5.49. The molecule has 4 rings (SSSR count). The third kappa shape index (κ3) is 2.50. The van der Waals surface area contributed by atoms with E-state index in [1.807, 2.05) is 40.9 Å². The summed E-state index contributed by atoms with van der Waals surface area (Å²) >= 11 is 0. The predicted octanol–water partition coefficient (Wildman–Crippen LogP) is 4.00. The Balaban J connectivity index is 1.97. The van der Waals surface area contributed by atoms with Crippen LogP contribution in [0.15, 0.2) is 59.2 Å². The zero-order chi connectivity index (χ0) is 15.6. The molecule has 0 N–H and O–H groups in total. The minimum atomic E-state index is 0.598. The van der Waals surface area contributed by atoms with E-state index < -0.39 is 0 Å². The molecule has 0 saturated carbocycles. The van der Waals surface area contributed by atoms with Crippen molar-refractivity contribution >= 4 is 5.78 Å². The molecule has 0 atom stereocenters. The molecule has 5 heteroatoms. The highest BCUT2D eigenvalue weighted by molar-refractivity contribution is 5.68. The van der Waals surface area contributed by atoms with Gasteiger partial charge in [0.15, 0.2) is 11.6 Å². The van der Waals surface area contributed by atoms with Crippen molar-refractivity contribution in [2.75, 3.05) is 0 Å². The maximum atomic E-state index is 5.49. The SMILES string of the molecule is CCCc1nc2nc(-c3ccco3)cc(-c3ccccc3)n2n1. The molecule has 1 aromatic carbocycles. The Morgan fingerprint density at radius 1 is 1.04 bits per heavy atom. The van der Waals surface area contributed by atoms with Gasteiger partial charge in [-0.15, -0.1) is 5.10 Å². The van der Waals surface area contributed by atoms with E-state index >= 15 is 0 Å². The van der Waals surface area contributed by atoms with E-state index in [0.717, 1.165) is 41.4 Å². The first kappa shape index (κ1) is 13.7. The predicted molar refractivity (Wildman–Crippen MR) is 87.9 cm³/mol. The van der Waals surface area contributed by atoms with Crippen LogP contribution in [0, 0.1) is 0 Å². The van der Waals surface area contributed by atoms with Crippen LogP contribution < -0.4 is 0 Å². The van der Waals surface area contributed by atoms with Crippen molar-refractivity contribution in [3.8, 4) is 22.7 Å². The number of furan rings is 1. The number of fused-ring (bicyclic) bond motifs is 1. The van der Waals surface area contributed by atoms with Crippen LogP contribution in [0.5, 0.6) is 0 Å². The Labute approximate surface area is 133 Å². The summed E-state index contributed by atoms with van der Waals surface area (Å²) in [6.07, 6.45) is 3.49. The van der Waals surface area contributed by atoms with Crippen LogP contribution in [0.1, 0.15) is 19.2 Å². The van der Waals surface area contributed by atoms with Gasteiger partial charge in [-0.05, 0) is 24.6 Å². The van der Waals surface area contributed by atoms with Gasteiger partial charge in [-0.3, -0.25) is 0 Å². The molecule has 0 aliphatic heterocycles. The Bertz CT molecular complexity index is 926. The minimum absolute atomic E-state index is 0.598. The molecule has 23 heavy (non-hydrogen) atoms. The van der Waals surface area contributed by atoms with E-state index in [4.69, 9.17) is 4.42 Å². The summed E-state index contributed by atoms with van der Waals surface area (Å²) in [6, 6.07) is 15.9. The van der Waals surface area contributed by atoms with E-state index in [2.05, 4.69) is 34.1 Å². The van der Waals surface area contributed by atoms with Crippen molar-refractivity contribution in [1.29, 1.82) is 0 Å². The highest BCUT2D eigenvalue weighted by atomic mass is 16.3. The first-order valence-corrected chi connectivity index (χ1v) is 7.71. The molecule has 0 spiro atoms. The second-order valence-corrected chi connectivity index (χ2v) is 5.36. The first-order valence-electron chi connectivity index (χ1n) is 7.71. The van der Waals surface area contributed by atoms with Gasteiger partial charge in [0.1, 0.15) is 5.69 Å². The molecule has 0 aliphatic carbocycles. The van der Waals surface area contributed by atoms with Gasteiger partial charge < -0.3 is 4.42 Å². The van der Waals surface area contributed by atoms with Crippen molar-refractivity contribution in [3.05, 3.63) is 60.6 Å². The van der Waals surface area contributed by atoms with Gasteiger partial charge in [0, 0.05) is 12.0 Å². The quantitative estimate of drug-likeness (QED) is 0.572. The van der Waals surface area contributed by atoms with Crippen molar-refractivity contribution in [2.45, 2.75) is 19.8 Å². The van der Waals surface area contributed by atoms with E-state index in [-0.39, 0.29) is 0 Å². The minimum Gasteiger partial charge on any atom is -0.463 e. The largest absolute Gasteiger partial charge is 0.463 e. The summed E-state index contributed by atoms with van der Waals surface area (Å²) < 4.78 is 7.31. The van der Waals surface area contributed by atoms with E-state index in [0.29, 0.717) is 5.78 Å². The third-order valence-electron chi connectivity index (χ3n) is 3.67.